The lowest BCUT2D eigenvalue weighted by Crippen LogP contribution is -2.49. The molecule has 2 fully saturated rings. The molecule has 16 heavy (non-hydrogen) atoms. The van der Waals surface area contributed by atoms with Gasteiger partial charge in [0.2, 0.25) is 0 Å². The van der Waals surface area contributed by atoms with Crippen LogP contribution in [0.5, 0.6) is 0 Å². The molecule has 0 spiro atoms. The van der Waals surface area contributed by atoms with E-state index in [-0.39, 0.29) is 12.1 Å². The van der Waals surface area contributed by atoms with Gasteiger partial charge in [0.15, 0.2) is 0 Å². The first-order chi connectivity index (χ1) is 7.68. The maximum atomic E-state index is 11.9. The molecule has 1 unspecified atom stereocenters. The Bertz CT molecular complexity index is 292. The average Bonchev–Trinajstić information content (AvgIpc) is 2.86. The molecule has 0 aromatic carbocycles. The van der Waals surface area contributed by atoms with Gasteiger partial charge in [0.05, 0.1) is 5.88 Å². The van der Waals surface area contributed by atoms with E-state index in [9.17, 15) is 9.59 Å². The van der Waals surface area contributed by atoms with Gasteiger partial charge in [-0.2, -0.15) is 0 Å². The second-order valence-electron chi connectivity index (χ2n) is 4.25. The molecule has 1 heterocycles. The monoisotopic (exact) mass is 244 g/mol. The predicted molar refractivity (Wildman–Crippen MR) is 61.4 cm³/mol. The Kier molecular flexibility index (Phi) is 3.58. The summed E-state index contributed by atoms with van der Waals surface area (Å²) in [6.07, 6.45) is 4.35. The molecule has 1 saturated carbocycles. The van der Waals surface area contributed by atoms with Crippen molar-refractivity contribution in [2.45, 2.75) is 37.8 Å². The molecule has 1 aliphatic heterocycles. The Hall–Kier alpha value is -0.910. The number of thioether (sulfide) groups is 1. The highest BCUT2D eigenvalue weighted by molar-refractivity contribution is 7.99. The fraction of sp³-hybridized carbons (Fsp3) is 0.800. The zero-order valence-electron chi connectivity index (χ0n) is 9.02. The van der Waals surface area contributed by atoms with Crippen LogP contribution in [0.4, 0.5) is 4.79 Å². The summed E-state index contributed by atoms with van der Waals surface area (Å²) in [6, 6.07) is -0.636. The van der Waals surface area contributed by atoms with E-state index in [1.807, 2.05) is 0 Å². The molecule has 0 bridgehead atoms. The first-order valence-electron chi connectivity index (χ1n) is 5.56. The van der Waals surface area contributed by atoms with Gasteiger partial charge < -0.3 is 15.3 Å². The van der Waals surface area contributed by atoms with Gasteiger partial charge in [-0.1, -0.05) is 12.8 Å². The number of rotatable bonds is 2. The molecule has 2 rings (SSSR count). The number of carbonyl (C=O) groups is 2. The summed E-state index contributed by atoms with van der Waals surface area (Å²) in [5, 5.41) is 11.9. The molecule has 90 valence electrons. The SMILES string of the molecule is O=C(O)C1CSCN1C(=O)NC1CCCC1. The summed E-state index contributed by atoms with van der Waals surface area (Å²) < 4.78 is 0. The van der Waals surface area contributed by atoms with Crippen LogP contribution < -0.4 is 5.32 Å². The Labute approximate surface area is 98.6 Å². The van der Waals surface area contributed by atoms with Crippen LogP contribution in [0.1, 0.15) is 25.7 Å². The van der Waals surface area contributed by atoms with Gasteiger partial charge in [-0.15, -0.1) is 11.8 Å². The van der Waals surface area contributed by atoms with E-state index in [0.717, 1.165) is 25.7 Å². The Morgan fingerprint density at radius 3 is 2.62 bits per heavy atom. The summed E-state index contributed by atoms with van der Waals surface area (Å²) in [6.45, 7) is 0. The first-order valence-corrected chi connectivity index (χ1v) is 6.71. The maximum absolute atomic E-state index is 11.9. The Morgan fingerprint density at radius 1 is 1.31 bits per heavy atom. The maximum Gasteiger partial charge on any atom is 0.327 e. The van der Waals surface area contributed by atoms with Crippen molar-refractivity contribution in [3.63, 3.8) is 0 Å². The molecule has 1 atom stereocenters. The number of hydrogen-bond acceptors (Lipinski definition) is 3. The van der Waals surface area contributed by atoms with Crippen molar-refractivity contribution >= 4 is 23.8 Å². The minimum atomic E-state index is -0.911. The molecule has 0 aromatic rings. The number of nitrogens with one attached hydrogen (secondary N) is 1. The Balaban J connectivity index is 1.90. The third-order valence-corrected chi connectivity index (χ3v) is 4.12. The number of amides is 2. The highest BCUT2D eigenvalue weighted by atomic mass is 32.2. The van der Waals surface area contributed by atoms with Crippen molar-refractivity contribution in [1.29, 1.82) is 0 Å². The van der Waals surface area contributed by atoms with Gasteiger partial charge in [0.25, 0.3) is 0 Å². The van der Waals surface area contributed by atoms with E-state index in [1.54, 1.807) is 0 Å². The normalized spacial score (nSPS) is 26.0. The van der Waals surface area contributed by atoms with E-state index in [4.69, 9.17) is 5.11 Å². The summed E-state index contributed by atoms with van der Waals surface area (Å²) in [7, 11) is 0. The molecule has 1 saturated heterocycles. The minimum Gasteiger partial charge on any atom is -0.480 e. The van der Waals surface area contributed by atoms with Crippen LogP contribution in [-0.4, -0.2) is 45.7 Å². The third-order valence-electron chi connectivity index (χ3n) is 3.11. The lowest BCUT2D eigenvalue weighted by Gasteiger charge is -2.23. The molecule has 1 aliphatic carbocycles. The number of hydrogen-bond donors (Lipinski definition) is 2. The van der Waals surface area contributed by atoms with Gasteiger partial charge >= 0.3 is 12.0 Å². The van der Waals surface area contributed by atoms with Crippen LogP contribution in [0.15, 0.2) is 0 Å². The van der Waals surface area contributed by atoms with Crippen molar-refractivity contribution in [2.75, 3.05) is 11.6 Å². The fourth-order valence-electron chi connectivity index (χ4n) is 2.18. The summed E-state index contributed by atoms with van der Waals surface area (Å²) in [5.41, 5.74) is 0. The molecular weight excluding hydrogens is 228 g/mol. The smallest absolute Gasteiger partial charge is 0.327 e. The van der Waals surface area contributed by atoms with Crippen molar-refractivity contribution in [3.05, 3.63) is 0 Å². The number of urea groups is 1. The molecule has 2 aliphatic rings. The van der Waals surface area contributed by atoms with Crippen LogP contribution >= 0.6 is 11.8 Å². The van der Waals surface area contributed by atoms with Crippen LogP contribution in [-0.2, 0) is 4.79 Å². The van der Waals surface area contributed by atoms with E-state index < -0.39 is 12.0 Å². The van der Waals surface area contributed by atoms with E-state index in [1.165, 1.54) is 16.7 Å². The van der Waals surface area contributed by atoms with Gasteiger partial charge in [0, 0.05) is 11.8 Å². The van der Waals surface area contributed by atoms with Crippen LogP contribution in [0, 0.1) is 0 Å². The number of aliphatic carboxylic acids is 1. The van der Waals surface area contributed by atoms with Crippen molar-refractivity contribution in [2.24, 2.45) is 0 Å². The number of nitrogens with zero attached hydrogens (tertiary/aromatic N) is 1. The molecule has 5 nitrogen and oxygen atoms in total. The molecule has 2 N–H and O–H groups in total. The van der Waals surface area contributed by atoms with E-state index in [0.29, 0.717) is 11.6 Å². The molecule has 6 heteroatoms. The van der Waals surface area contributed by atoms with Gasteiger partial charge in [-0.25, -0.2) is 9.59 Å². The zero-order valence-corrected chi connectivity index (χ0v) is 9.83. The van der Waals surface area contributed by atoms with Crippen molar-refractivity contribution in [1.82, 2.24) is 10.2 Å². The number of carbonyl (C=O) groups excluding carboxylic acids is 1. The topological polar surface area (TPSA) is 69.6 Å². The first kappa shape index (κ1) is 11.6. The number of carboxylic acids is 1. The van der Waals surface area contributed by atoms with E-state index >= 15 is 0 Å². The van der Waals surface area contributed by atoms with Gasteiger partial charge in [0.1, 0.15) is 6.04 Å². The summed E-state index contributed by atoms with van der Waals surface area (Å²) in [4.78, 5) is 24.2. The predicted octanol–water partition coefficient (Wildman–Crippen LogP) is 1.10. The largest absolute Gasteiger partial charge is 0.480 e. The van der Waals surface area contributed by atoms with Crippen LogP contribution in [0.3, 0.4) is 0 Å². The fourth-order valence-corrected chi connectivity index (χ4v) is 3.32. The zero-order chi connectivity index (χ0) is 11.5. The van der Waals surface area contributed by atoms with Gasteiger partial charge in [-0.3, -0.25) is 0 Å². The van der Waals surface area contributed by atoms with Crippen LogP contribution in [0.25, 0.3) is 0 Å². The highest BCUT2D eigenvalue weighted by Crippen LogP contribution is 2.22. The van der Waals surface area contributed by atoms with Gasteiger partial charge in [-0.05, 0) is 12.8 Å². The lowest BCUT2D eigenvalue weighted by molar-refractivity contribution is -0.140. The quantitative estimate of drug-likeness (QED) is 0.763. The molecule has 0 radical (unpaired) electrons. The number of carboxylic acid groups (broad SMARTS) is 1. The van der Waals surface area contributed by atoms with Crippen LogP contribution in [0.2, 0.25) is 0 Å². The van der Waals surface area contributed by atoms with Crippen molar-refractivity contribution in [3.8, 4) is 0 Å². The summed E-state index contributed by atoms with van der Waals surface area (Å²) in [5.74, 6) is 0.0646. The molecule has 0 aromatic heterocycles. The standard InChI is InChI=1S/C10H16N2O3S/c13-9(14)8-5-16-6-12(8)10(15)11-7-3-1-2-4-7/h7-8H,1-6H2,(H,11,15)(H,13,14). The third kappa shape index (κ3) is 2.42. The minimum absolute atomic E-state index is 0.218. The van der Waals surface area contributed by atoms with Crippen molar-refractivity contribution < 1.29 is 14.7 Å². The Morgan fingerprint density at radius 2 is 2.00 bits per heavy atom. The summed E-state index contributed by atoms with van der Waals surface area (Å²) >= 11 is 1.49. The second kappa shape index (κ2) is 4.95. The molecular formula is C10H16N2O3S. The molecule has 2 amide bonds. The average molecular weight is 244 g/mol. The van der Waals surface area contributed by atoms with E-state index in [2.05, 4.69) is 5.32 Å². The lowest BCUT2D eigenvalue weighted by atomic mass is 10.2. The highest BCUT2D eigenvalue weighted by Gasteiger charge is 2.35. The second-order valence-corrected chi connectivity index (χ2v) is 5.25.